The van der Waals surface area contributed by atoms with Crippen molar-refractivity contribution in [1.29, 1.82) is 0 Å². The van der Waals surface area contributed by atoms with Crippen molar-refractivity contribution in [1.82, 2.24) is 14.4 Å². The Labute approximate surface area is 202 Å². The van der Waals surface area contributed by atoms with Gasteiger partial charge in [-0.05, 0) is 40.9 Å². The molecule has 0 atom stereocenters. The number of sulfonamides is 1. The number of carbonyl (C=O) groups is 1. The third-order valence-electron chi connectivity index (χ3n) is 4.28. The van der Waals surface area contributed by atoms with Crippen LogP contribution >= 0.6 is 11.6 Å². The van der Waals surface area contributed by atoms with Gasteiger partial charge in [-0.2, -0.15) is 13.2 Å². The molecule has 2 N–H and O–H groups in total. The Morgan fingerprint density at radius 2 is 1.66 bits per heavy atom. The van der Waals surface area contributed by atoms with Gasteiger partial charge in [0.05, 0.1) is 17.0 Å². The molecule has 35 heavy (non-hydrogen) atoms. The summed E-state index contributed by atoms with van der Waals surface area (Å²) in [6.07, 6.45) is -4.11. The zero-order valence-corrected chi connectivity index (χ0v) is 19.6. The molecule has 15 heteroatoms. The minimum Gasteiger partial charge on any atom is -0.495 e. The van der Waals surface area contributed by atoms with Crippen LogP contribution in [-0.4, -0.2) is 49.2 Å². The Morgan fingerprint density at radius 1 is 1.03 bits per heavy atom. The second-order valence-corrected chi connectivity index (χ2v) is 9.05. The molecule has 0 fully saturated rings. The molecule has 3 rings (SSSR count). The van der Waals surface area contributed by atoms with E-state index in [1.807, 2.05) is 0 Å². The molecule has 1 heterocycles. The first-order chi connectivity index (χ1) is 16.4. The summed E-state index contributed by atoms with van der Waals surface area (Å²) >= 11 is 6.11. The van der Waals surface area contributed by atoms with Crippen LogP contribution in [0.1, 0.15) is 0 Å². The Hall–Kier alpha value is -3.62. The number of hydroxylamine groups is 1. The normalized spacial score (nSPS) is 11.7. The summed E-state index contributed by atoms with van der Waals surface area (Å²) in [4.78, 5) is 22.6. The first-order valence-corrected chi connectivity index (χ1v) is 11.3. The summed E-state index contributed by atoms with van der Waals surface area (Å²) in [5.74, 6) is -1.52. The number of rotatable bonds is 8. The summed E-state index contributed by atoms with van der Waals surface area (Å²) < 4.78 is 67.2. The van der Waals surface area contributed by atoms with E-state index in [1.54, 1.807) is 18.2 Å². The molecule has 0 unspecified atom stereocenters. The van der Waals surface area contributed by atoms with Crippen molar-refractivity contribution in [3.8, 4) is 5.75 Å². The predicted octanol–water partition coefficient (Wildman–Crippen LogP) is 4.27. The minimum absolute atomic E-state index is 0.158. The molecular weight excluding hydrogens is 515 g/mol. The van der Waals surface area contributed by atoms with Gasteiger partial charge in [0.2, 0.25) is 0 Å². The van der Waals surface area contributed by atoms with E-state index in [2.05, 4.69) is 25.4 Å². The molecule has 0 aliphatic heterocycles. The molecule has 0 bridgehead atoms. The van der Waals surface area contributed by atoms with Crippen LogP contribution in [0.3, 0.4) is 0 Å². The van der Waals surface area contributed by atoms with Crippen LogP contribution in [0.25, 0.3) is 0 Å². The number of nitrogens with one attached hydrogen (secondary N) is 2. The summed E-state index contributed by atoms with van der Waals surface area (Å²) in [5, 5.41) is 6.28. The maximum Gasteiger partial charge on any atom is 0.492 e. The number of alkyl halides is 3. The lowest BCUT2D eigenvalue weighted by Crippen LogP contribution is -2.36. The number of ether oxygens (including phenoxy) is 1. The van der Waals surface area contributed by atoms with Crippen molar-refractivity contribution in [2.75, 3.05) is 24.8 Å². The van der Waals surface area contributed by atoms with Gasteiger partial charge in [-0.15, -0.1) is 0 Å². The lowest BCUT2D eigenvalue weighted by Gasteiger charge is -2.17. The monoisotopic (exact) mass is 531 g/mol. The van der Waals surface area contributed by atoms with E-state index in [9.17, 15) is 26.4 Å². The Bertz CT molecular complexity index is 1340. The third-order valence-corrected chi connectivity index (χ3v) is 6.17. The molecule has 1 aromatic heterocycles. The van der Waals surface area contributed by atoms with Crippen LogP contribution in [0.15, 0.2) is 59.8 Å². The maximum absolute atomic E-state index is 12.5. The Kier molecular flexibility index (Phi) is 7.67. The number of anilines is 4. The van der Waals surface area contributed by atoms with Crippen LogP contribution in [0, 0.1) is 0 Å². The molecule has 0 aliphatic carbocycles. The van der Waals surface area contributed by atoms with Crippen molar-refractivity contribution >= 4 is 50.6 Å². The molecule has 186 valence electrons. The first kappa shape index (κ1) is 26.0. The van der Waals surface area contributed by atoms with Crippen LogP contribution in [0.2, 0.25) is 5.02 Å². The van der Waals surface area contributed by atoms with E-state index < -0.39 is 27.1 Å². The maximum atomic E-state index is 12.5. The van der Waals surface area contributed by atoms with E-state index in [0.717, 1.165) is 12.1 Å². The fraction of sp³-hybridized carbons (Fsp3) is 0.150. The average Bonchev–Trinajstić information content (AvgIpc) is 2.79. The van der Waals surface area contributed by atoms with Gasteiger partial charge in [-0.1, -0.05) is 17.7 Å². The molecule has 3 aromatic rings. The number of aromatic nitrogens is 2. The lowest BCUT2D eigenvalue weighted by atomic mass is 10.3. The highest BCUT2D eigenvalue weighted by atomic mass is 35.5. The summed E-state index contributed by atoms with van der Waals surface area (Å²) in [7, 11) is -2.42. The van der Waals surface area contributed by atoms with E-state index in [4.69, 9.17) is 16.3 Å². The Morgan fingerprint density at radius 3 is 2.23 bits per heavy atom. The summed E-state index contributed by atoms with van der Waals surface area (Å²) in [6.45, 7) is 0. The number of hydrogen-bond acceptors (Lipinski definition) is 9. The standard InChI is InChI=1S/C20H17ClF3N5O5S/c1-29(34-19(30)20(22,23)24)35(31,32)14-5-3-4-12(8-14)27-17-10-18(26-11-25-17)28-13-6-7-16(33-2)15(21)9-13/h3-11H,1-2H3,(H2,25,26,27,28). The molecule has 10 nitrogen and oxygen atoms in total. The van der Waals surface area contributed by atoms with Gasteiger partial charge >= 0.3 is 12.1 Å². The quantitative estimate of drug-likeness (QED) is 0.410. The fourth-order valence-electron chi connectivity index (χ4n) is 2.63. The average molecular weight is 532 g/mol. The van der Waals surface area contributed by atoms with Crippen LogP contribution in [-0.2, 0) is 19.7 Å². The second kappa shape index (κ2) is 10.3. The van der Waals surface area contributed by atoms with Crippen LogP contribution < -0.4 is 15.4 Å². The molecule has 0 saturated heterocycles. The van der Waals surface area contributed by atoms with Gasteiger partial charge in [0, 0.05) is 24.5 Å². The zero-order chi connectivity index (χ0) is 25.8. The fourth-order valence-corrected chi connectivity index (χ4v) is 3.88. The summed E-state index contributed by atoms with van der Waals surface area (Å²) in [5.41, 5.74) is 0.851. The van der Waals surface area contributed by atoms with Crippen LogP contribution in [0.4, 0.5) is 36.2 Å². The van der Waals surface area contributed by atoms with E-state index in [1.165, 1.54) is 31.6 Å². The Balaban J connectivity index is 1.76. The number of carbonyl (C=O) groups excluding carboxylic acids is 1. The van der Waals surface area contributed by atoms with Crippen molar-refractivity contribution in [3.63, 3.8) is 0 Å². The highest BCUT2D eigenvalue weighted by Gasteiger charge is 2.43. The highest BCUT2D eigenvalue weighted by Crippen LogP contribution is 2.29. The van der Waals surface area contributed by atoms with Gasteiger partial charge in [0.15, 0.2) is 0 Å². The number of methoxy groups -OCH3 is 1. The molecular formula is C20H17ClF3N5O5S. The summed E-state index contributed by atoms with van der Waals surface area (Å²) in [6, 6.07) is 11.6. The van der Waals surface area contributed by atoms with Crippen molar-refractivity contribution in [2.24, 2.45) is 0 Å². The van der Waals surface area contributed by atoms with E-state index in [0.29, 0.717) is 29.3 Å². The molecule has 2 aromatic carbocycles. The van der Waals surface area contributed by atoms with E-state index >= 15 is 0 Å². The smallest absolute Gasteiger partial charge is 0.492 e. The minimum atomic E-state index is -5.36. The van der Waals surface area contributed by atoms with Gasteiger partial charge < -0.3 is 20.2 Å². The van der Waals surface area contributed by atoms with Gasteiger partial charge in [0.1, 0.15) is 23.7 Å². The lowest BCUT2D eigenvalue weighted by molar-refractivity contribution is -0.219. The molecule has 0 radical (unpaired) electrons. The molecule has 0 amide bonds. The zero-order valence-electron chi connectivity index (χ0n) is 18.0. The van der Waals surface area contributed by atoms with Crippen LogP contribution in [0.5, 0.6) is 5.75 Å². The second-order valence-electron chi connectivity index (χ2n) is 6.71. The number of hydrogen-bond donors (Lipinski definition) is 2. The van der Waals surface area contributed by atoms with Gasteiger partial charge in [-0.3, -0.25) is 0 Å². The van der Waals surface area contributed by atoms with Crippen molar-refractivity contribution in [3.05, 3.63) is 59.9 Å². The third kappa shape index (κ3) is 6.49. The number of nitrogens with zero attached hydrogens (tertiary/aromatic N) is 3. The van der Waals surface area contributed by atoms with Crippen molar-refractivity contribution in [2.45, 2.75) is 11.1 Å². The molecule has 0 saturated carbocycles. The number of halogens is 4. The SMILES string of the molecule is COc1ccc(Nc2cc(Nc3cccc(S(=O)(=O)N(C)OC(=O)C(F)(F)F)c3)ncn2)cc1Cl. The largest absolute Gasteiger partial charge is 0.495 e. The first-order valence-electron chi connectivity index (χ1n) is 9.48. The van der Waals surface area contributed by atoms with E-state index in [-0.39, 0.29) is 16.0 Å². The molecule has 0 aliphatic rings. The molecule has 0 spiro atoms. The predicted molar refractivity (Wildman–Crippen MR) is 120 cm³/mol. The highest BCUT2D eigenvalue weighted by molar-refractivity contribution is 7.89. The van der Waals surface area contributed by atoms with Gasteiger partial charge in [-0.25, -0.2) is 23.2 Å². The topological polar surface area (TPSA) is 123 Å². The number of benzene rings is 2. The van der Waals surface area contributed by atoms with Crippen molar-refractivity contribution < 1.29 is 36.0 Å². The van der Waals surface area contributed by atoms with Gasteiger partial charge in [0.25, 0.3) is 10.0 Å².